The Kier molecular flexibility index (Phi) is 7.92. The molecule has 0 aliphatic rings. The SMILES string of the molecule is Cl.NCCCC[C@@H](N)c1cc(Cl)cc(Cl)c1O. The molecule has 1 rings (SSSR count). The number of unbranched alkanes of at least 4 members (excludes halogenated alkanes) is 1. The van der Waals surface area contributed by atoms with E-state index in [0.29, 0.717) is 17.1 Å². The van der Waals surface area contributed by atoms with Crippen LogP contribution in [0.5, 0.6) is 5.75 Å². The number of nitrogens with two attached hydrogens (primary N) is 2. The minimum absolute atomic E-state index is 0. The lowest BCUT2D eigenvalue weighted by Crippen LogP contribution is -2.11. The lowest BCUT2D eigenvalue weighted by Gasteiger charge is -2.14. The number of benzene rings is 1. The smallest absolute Gasteiger partial charge is 0.139 e. The van der Waals surface area contributed by atoms with Gasteiger partial charge in [-0.25, -0.2) is 0 Å². The molecule has 0 aliphatic carbocycles. The maximum Gasteiger partial charge on any atom is 0.139 e. The van der Waals surface area contributed by atoms with E-state index in [-0.39, 0.29) is 29.2 Å². The van der Waals surface area contributed by atoms with Crippen molar-refractivity contribution in [3.05, 3.63) is 27.7 Å². The first-order valence-corrected chi connectivity index (χ1v) is 5.95. The molecular formula is C11H17Cl3N2O. The van der Waals surface area contributed by atoms with E-state index >= 15 is 0 Å². The van der Waals surface area contributed by atoms with Crippen molar-refractivity contribution in [2.24, 2.45) is 11.5 Å². The molecule has 98 valence electrons. The molecule has 5 N–H and O–H groups in total. The van der Waals surface area contributed by atoms with E-state index in [1.54, 1.807) is 6.07 Å². The Morgan fingerprint density at radius 3 is 2.47 bits per heavy atom. The maximum atomic E-state index is 9.75. The second-order valence-electron chi connectivity index (χ2n) is 3.72. The quantitative estimate of drug-likeness (QED) is 0.731. The highest BCUT2D eigenvalue weighted by atomic mass is 35.5. The van der Waals surface area contributed by atoms with Crippen molar-refractivity contribution in [2.75, 3.05) is 6.54 Å². The Balaban J connectivity index is 0.00000256. The number of hydrogen-bond acceptors (Lipinski definition) is 3. The summed E-state index contributed by atoms with van der Waals surface area (Å²) in [5.41, 5.74) is 11.9. The third kappa shape index (κ3) is 4.90. The molecule has 0 heterocycles. The average molecular weight is 300 g/mol. The van der Waals surface area contributed by atoms with Gasteiger partial charge in [0.15, 0.2) is 0 Å². The molecule has 6 heteroatoms. The minimum Gasteiger partial charge on any atom is -0.506 e. The molecule has 17 heavy (non-hydrogen) atoms. The first-order valence-electron chi connectivity index (χ1n) is 5.19. The van der Waals surface area contributed by atoms with Crippen LogP contribution >= 0.6 is 35.6 Å². The fourth-order valence-corrected chi connectivity index (χ4v) is 2.04. The molecule has 0 unspecified atom stereocenters. The molecule has 0 aliphatic heterocycles. The summed E-state index contributed by atoms with van der Waals surface area (Å²) in [7, 11) is 0. The van der Waals surface area contributed by atoms with Gasteiger partial charge in [0.05, 0.1) is 5.02 Å². The van der Waals surface area contributed by atoms with Gasteiger partial charge in [-0.2, -0.15) is 0 Å². The second-order valence-corrected chi connectivity index (χ2v) is 4.56. The van der Waals surface area contributed by atoms with Gasteiger partial charge >= 0.3 is 0 Å². The number of hydrogen-bond donors (Lipinski definition) is 3. The van der Waals surface area contributed by atoms with E-state index in [0.717, 1.165) is 19.3 Å². The van der Waals surface area contributed by atoms with E-state index in [1.165, 1.54) is 6.07 Å². The topological polar surface area (TPSA) is 72.3 Å². The molecule has 3 nitrogen and oxygen atoms in total. The van der Waals surface area contributed by atoms with E-state index < -0.39 is 0 Å². The summed E-state index contributed by atoms with van der Waals surface area (Å²) in [5, 5.41) is 10.5. The van der Waals surface area contributed by atoms with Crippen LogP contribution in [0.1, 0.15) is 30.9 Å². The summed E-state index contributed by atoms with van der Waals surface area (Å²) in [4.78, 5) is 0. The monoisotopic (exact) mass is 298 g/mol. The lowest BCUT2D eigenvalue weighted by atomic mass is 10.0. The van der Waals surface area contributed by atoms with Crippen LogP contribution in [-0.2, 0) is 0 Å². The normalized spacial score (nSPS) is 12.0. The van der Waals surface area contributed by atoms with Crippen molar-refractivity contribution in [1.29, 1.82) is 0 Å². The van der Waals surface area contributed by atoms with Gasteiger partial charge in [-0.15, -0.1) is 12.4 Å². The summed E-state index contributed by atoms with van der Waals surface area (Å²) < 4.78 is 0. The van der Waals surface area contributed by atoms with Crippen molar-refractivity contribution >= 4 is 35.6 Å². The van der Waals surface area contributed by atoms with Gasteiger partial charge in [0, 0.05) is 16.6 Å². The van der Waals surface area contributed by atoms with Crippen LogP contribution in [-0.4, -0.2) is 11.7 Å². The lowest BCUT2D eigenvalue weighted by molar-refractivity contribution is 0.456. The van der Waals surface area contributed by atoms with Crippen LogP contribution in [0.25, 0.3) is 0 Å². The molecule has 0 amide bonds. The molecule has 1 atom stereocenters. The molecule has 0 saturated heterocycles. The summed E-state index contributed by atoms with van der Waals surface area (Å²) in [6, 6.07) is 2.88. The Hall–Kier alpha value is -0.190. The van der Waals surface area contributed by atoms with Gasteiger partial charge in [-0.1, -0.05) is 29.6 Å². The standard InChI is InChI=1S/C11H16Cl2N2O.ClH/c12-7-5-8(11(16)9(13)6-7)10(15)3-1-2-4-14;/h5-6,10,16H,1-4,14-15H2;1H/t10-;/m1./s1. The highest BCUT2D eigenvalue weighted by Gasteiger charge is 2.14. The largest absolute Gasteiger partial charge is 0.506 e. The summed E-state index contributed by atoms with van der Waals surface area (Å²) in [5.74, 6) is 0.0197. The molecular weight excluding hydrogens is 282 g/mol. The molecule has 0 bridgehead atoms. The third-order valence-electron chi connectivity index (χ3n) is 2.43. The van der Waals surface area contributed by atoms with Gasteiger partial charge in [0.25, 0.3) is 0 Å². The molecule has 1 aromatic rings. The maximum absolute atomic E-state index is 9.75. The van der Waals surface area contributed by atoms with Crippen LogP contribution in [0.15, 0.2) is 12.1 Å². The Morgan fingerprint density at radius 2 is 1.88 bits per heavy atom. The number of phenols is 1. The van der Waals surface area contributed by atoms with Crippen LogP contribution in [0, 0.1) is 0 Å². The van der Waals surface area contributed by atoms with E-state index in [9.17, 15) is 5.11 Å². The number of halogens is 3. The predicted molar refractivity (Wildman–Crippen MR) is 75.2 cm³/mol. The second kappa shape index (κ2) is 8.01. The van der Waals surface area contributed by atoms with Crippen LogP contribution in [0.3, 0.4) is 0 Å². The summed E-state index contributed by atoms with van der Waals surface area (Å²) in [6.07, 6.45) is 2.59. The Morgan fingerprint density at radius 1 is 1.24 bits per heavy atom. The van der Waals surface area contributed by atoms with Gasteiger partial charge in [0.1, 0.15) is 5.75 Å². The fourth-order valence-electron chi connectivity index (χ4n) is 1.53. The van der Waals surface area contributed by atoms with Crippen molar-refractivity contribution < 1.29 is 5.11 Å². The van der Waals surface area contributed by atoms with Crippen molar-refractivity contribution in [3.8, 4) is 5.75 Å². The van der Waals surface area contributed by atoms with Gasteiger partial charge in [-0.3, -0.25) is 0 Å². The van der Waals surface area contributed by atoms with Gasteiger partial charge in [-0.05, 0) is 31.5 Å². The van der Waals surface area contributed by atoms with Crippen molar-refractivity contribution in [2.45, 2.75) is 25.3 Å². The van der Waals surface area contributed by atoms with Crippen molar-refractivity contribution in [3.63, 3.8) is 0 Å². The van der Waals surface area contributed by atoms with Crippen LogP contribution in [0.4, 0.5) is 0 Å². The first-order chi connectivity index (χ1) is 7.56. The van der Waals surface area contributed by atoms with Gasteiger partial charge < -0.3 is 16.6 Å². The molecule has 0 aromatic heterocycles. The fraction of sp³-hybridized carbons (Fsp3) is 0.455. The van der Waals surface area contributed by atoms with Gasteiger partial charge in [0.2, 0.25) is 0 Å². The molecule has 1 aromatic carbocycles. The molecule has 0 saturated carbocycles. The van der Waals surface area contributed by atoms with E-state index in [2.05, 4.69) is 0 Å². The highest BCUT2D eigenvalue weighted by molar-refractivity contribution is 6.35. The van der Waals surface area contributed by atoms with Crippen molar-refractivity contribution in [1.82, 2.24) is 0 Å². The zero-order valence-corrected chi connectivity index (χ0v) is 11.7. The minimum atomic E-state index is -0.261. The summed E-state index contributed by atoms with van der Waals surface area (Å²) >= 11 is 11.7. The Labute approximate surface area is 117 Å². The van der Waals surface area contributed by atoms with E-state index in [1.807, 2.05) is 0 Å². The zero-order chi connectivity index (χ0) is 12.1. The zero-order valence-electron chi connectivity index (χ0n) is 9.33. The average Bonchev–Trinajstić information content (AvgIpc) is 2.23. The number of aromatic hydroxyl groups is 1. The molecule has 0 spiro atoms. The predicted octanol–water partition coefficient (Wildman–Crippen LogP) is 3.25. The number of rotatable bonds is 5. The first kappa shape index (κ1) is 16.8. The summed E-state index contributed by atoms with van der Waals surface area (Å²) in [6.45, 7) is 0.648. The third-order valence-corrected chi connectivity index (χ3v) is 2.93. The highest BCUT2D eigenvalue weighted by Crippen LogP contribution is 2.35. The number of phenolic OH excluding ortho intramolecular Hbond substituents is 1. The molecule has 0 fully saturated rings. The molecule has 0 radical (unpaired) electrons. The van der Waals surface area contributed by atoms with E-state index in [4.69, 9.17) is 34.7 Å². The van der Waals surface area contributed by atoms with Crippen LogP contribution in [0.2, 0.25) is 10.0 Å². The van der Waals surface area contributed by atoms with Crippen LogP contribution < -0.4 is 11.5 Å². The Bertz CT molecular complexity index is 361.